The van der Waals surface area contributed by atoms with Gasteiger partial charge < -0.3 is 4.74 Å². The molecule has 1 unspecified atom stereocenters. The topological polar surface area (TPSA) is 37.9 Å². The first-order valence-corrected chi connectivity index (χ1v) is 4.54. The summed E-state index contributed by atoms with van der Waals surface area (Å²) in [6.45, 7) is 0.933. The molecule has 1 fully saturated rings. The number of ether oxygens (including phenoxy) is 1. The SMILES string of the molecule is c1n[nH]cc1CC1CCCCO1. The fourth-order valence-electron chi connectivity index (χ4n) is 1.62. The predicted molar refractivity (Wildman–Crippen MR) is 45.9 cm³/mol. The van der Waals surface area contributed by atoms with Crippen LogP contribution in [-0.4, -0.2) is 22.9 Å². The third-order valence-electron chi connectivity index (χ3n) is 2.29. The summed E-state index contributed by atoms with van der Waals surface area (Å²) in [7, 11) is 0. The maximum absolute atomic E-state index is 5.61. The van der Waals surface area contributed by atoms with Gasteiger partial charge in [-0.3, -0.25) is 5.10 Å². The van der Waals surface area contributed by atoms with Crippen LogP contribution in [-0.2, 0) is 11.2 Å². The second-order valence-corrected chi connectivity index (χ2v) is 3.30. The molecule has 12 heavy (non-hydrogen) atoms. The molecule has 66 valence electrons. The van der Waals surface area contributed by atoms with Crippen molar-refractivity contribution in [2.75, 3.05) is 6.61 Å². The molecular weight excluding hydrogens is 152 g/mol. The van der Waals surface area contributed by atoms with Crippen LogP contribution >= 0.6 is 0 Å². The molecule has 1 aliphatic heterocycles. The largest absolute Gasteiger partial charge is 0.378 e. The van der Waals surface area contributed by atoms with E-state index in [2.05, 4.69) is 10.2 Å². The minimum atomic E-state index is 0.427. The van der Waals surface area contributed by atoms with E-state index in [4.69, 9.17) is 4.74 Å². The molecule has 2 heterocycles. The summed E-state index contributed by atoms with van der Waals surface area (Å²) in [5.74, 6) is 0. The molecule has 1 atom stereocenters. The third kappa shape index (κ3) is 1.85. The van der Waals surface area contributed by atoms with Gasteiger partial charge in [0.15, 0.2) is 0 Å². The van der Waals surface area contributed by atoms with E-state index in [-0.39, 0.29) is 0 Å². The van der Waals surface area contributed by atoms with Gasteiger partial charge in [-0.2, -0.15) is 5.10 Å². The monoisotopic (exact) mass is 166 g/mol. The number of hydrogen-bond acceptors (Lipinski definition) is 2. The quantitative estimate of drug-likeness (QED) is 0.723. The van der Waals surface area contributed by atoms with Gasteiger partial charge in [-0.05, 0) is 24.8 Å². The lowest BCUT2D eigenvalue weighted by Gasteiger charge is -2.21. The fourth-order valence-corrected chi connectivity index (χ4v) is 1.62. The molecule has 0 aliphatic carbocycles. The second kappa shape index (κ2) is 3.72. The Labute approximate surface area is 72.1 Å². The summed E-state index contributed by atoms with van der Waals surface area (Å²) in [6, 6.07) is 0. The Kier molecular flexibility index (Phi) is 2.42. The molecule has 1 N–H and O–H groups in total. The van der Waals surface area contributed by atoms with Crippen molar-refractivity contribution < 1.29 is 4.74 Å². The highest BCUT2D eigenvalue weighted by Crippen LogP contribution is 2.16. The van der Waals surface area contributed by atoms with Crippen molar-refractivity contribution in [3.8, 4) is 0 Å². The van der Waals surface area contributed by atoms with Crippen LogP contribution in [0.3, 0.4) is 0 Å². The lowest BCUT2D eigenvalue weighted by molar-refractivity contribution is 0.0168. The predicted octanol–water partition coefficient (Wildman–Crippen LogP) is 1.52. The Hall–Kier alpha value is -0.830. The number of rotatable bonds is 2. The number of hydrogen-bond donors (Lipinski definition) is 1. The van der Waals surface area contributed by atoms with E-state index in [0.29, 0.717) is 6.10 Å². The minimum Gasteiger partial charge on any atom is -0.378 e. The summed E-state index contributed by atoms with van der Waals surface area (Å²) >= 11 is 0. The zero-order chi connectivity index (χ0) is 8.23. The molecule has 0 bridgehead atoms. The van der Waals surface area contributed by atoms with Crippen LogP contribution in [0.4, 0.5) is 0 Å². The van der Waals surface area contributed by atoms with E-state index in [1.54, 1.807) is 0 Å². The molecule has 0 saturated carbocycles. The number of aromatic amines is 1. The van der Waals surface area contributed by atoms with Crippen LogP contribution in [0.5, 0.6) is 0 Å². The Morgan fingerprint density at radius 3 is 3.25 bits per heavy atom. The highest BCUT2D eigenvalue weighted by Gasteiger charge is 2.14. The van der Waals surface area contributed by atoms with Crippen molar-refractivity contribution >= 4 is 0 Å². The van der Waals surface area contributed by atoms with E-state index in [9.17, 15) is 0 Å². The zero-order valence-electron chi connectivity index (χ0n) is 7.12. The molecule has 0 aromatic carbocycles. The standard InChI is InChI=1S/C9H14N2O/c1-2-4-12-9(3-1)5-8-6-10-11-7-8/h6-7,9H,1-5H2,(H,10,11). The Balaban J connectivity index is 1.86. The van der Waals surface area contributed by atoms with E-state index in [0.717, 1.165) is 13.0 Å². The van der Waals surface area contributed by atoms with Crippen LogP contribution in [0.1, 0.15) is 24.8 Å². The van der Waals surface area contributed by atoms with Crippen LogP contribution in [0.2, 0.25) is 0 Å². The Morgan fingerprint density at radius 1 is 1.58 bits per heavy atom. The van der Waals surface area contributed by atoms with Crippen molar-refractivity contribution in [1.29, 1.82) is 0 Å². The number of nitrogens with zero attached hydrogens (tertiary/aromatic N) is 1. The van der Waals surface area contributed by atoms with Gasteiger partial charge in [0.2, 0.25) is 0 Å². The smallest absolute Gasteiger partial charge is 0.0616 e. The number of nitrogens with one attached hydrogen (secondary N) is 1. The van der Waals surface area contributed by atoms with Crippen LogP contribution in [0, 0.1) is 0 Å². The Morgan fingerprint density at radius 2 is 2.58 bits per heavy atom. The van der Waals surface area contributed by atoms with Gasteiger partial charge in [0.1, 0.15) is 0 Å². The molecule has 1 saturated heterocycles. The molecule has 1 aromatic rings. The molecule has 0 radical (unpaired) electrons. The first-order chi connectivity index (χ1) is 5.95. The molecule has 2 rings (SSSR count). The van der Waals surface area contributed by atoms with Crippen LogP contribution < -0.4 is 0 Å². The molecule has 3 nitrogen and oxygen atoms in total. The number of H-pyrrole nitrogens is 1. The fraction of sp³-hybridized carbons (Fsp3) is 0.667. The molecule has 1 aliphatic rings. The maximum atomic E-state index is 5.61. The van der Waals surface area contributed by atoms with Crippen molar-refractivity contribution in [2.45, 2.75) is 31.8 Å². The summed E-state index contributed by atoms with van der Waals surface area (Å²) < 4.78 is 5.61. The van der Waals surface area contributed by atoms with Crippen LogP contribution in [0.15, 0.2) is 12.4 Å². The van der Waals surface area contributed by atoms with Gasteiger partial charge in [0.05, 0.1) is 12.3 Å². The lowest BCUT2D eigenvalue weighted by atomic mass is 10.0. The molecule has 0 spiro atoms. The van der Waals surface area contributed by atoms with Gasteiger partial charge in [-0.25, -0.2) is 0 Å². The summed E-state index contributed by atoms with van der Waals surface area (Å²) in [5, 5.41) is 6.72. The molecule has 1 aromatic heterocycles. The van der Waals surface area contributed by atoms with E-state index < -0.39 is 0 Å². The summed E-state index contributed by atoms with van der Waals surface area (Å²) in [6.07, 6.45) is 8.98. The zero-order valence-corrected chi connectivity index (χ0v) is 7.12. The van der Waals surface area contributed by atoms with E-state index >= 15 is 0 Å². The van der Waals surface area contributed by atoms with Gasteiger partial charge in [-0.15, -0.1) is 0 Å². The van der Waals surface area contributed by atoms with Gasteiger partial charge in [-0.1, -0.05) is 0 Å². The average molecular weight is 166 g/mol. The van der Waals surface area contributed by atoms with Crippen molar-refractivity contribution in [2.24, 2.45) is 0 Å². The summed E-state index contributed by atoms with van der Waals surface area (Å²) in [5.41, 5.74) is 1.25. The van der Waals surface area contributed by atoms with E-state index in [1.165, 1.54) is 24.8 Å². The van der Waals surface area contributed by atoms with Crippen LogP contribution in [0.25, 0.3) is 0 Å². The van der Waals surface area contributed by atoms with Gasteiger partial charge in [0, 0.05) is 19.2 Å². The first kappa shape index (κ1) is 7.80. The maximum Gasteiger partial charge on any atom is 0.0616 e. The second-order valence-electron chi connectivity index (χ2n) is 3.30. The summed E-state index contributed by atoms with van der Waals surface area (Å²) in [4.78, 5) is 0. The average Bonchev–Trinajstić information content (AvgIpc) is 2.59. The van der Waals surface area contributed by atoms with Crippen molar-refractivity contribution in [3.05, 3.63) is 18.0 Å². The highest BCUT2D eigenvalue weighted by atomic mass is 16.5. The third-order valence-corrected chi connectivity index (χ3v) is 2.29. The molecular formula is C9H14N2O. The molecule has 3 heteroatoms. The van der Waals surface area contributed by atoms with Crippen molar-refractivity contribution in [3.63, 3.8) is 0 Å². The van der Waals surface area contributed by atoms with Gasteiger partial charge in [0.25, 0.3) is 0 Å². The highest BCUT2D eigenvalue weighted by molar-refractivity contribution is 5.04. The Bertz CT molecular complexity index is 214. The molecule has 0 amide bonds. The first-order valence-electron chi connectivity index (χ1n) is 4.54. The normalized spacial score (nSPS) is 24.2. The number of aromatic nitrogens is 2. The van der Waals surface area contributed by atoms with Gasteiger partial charge >= 0.3 is 0 Å². The van der Waals surface area contributed by atoms with E-state index in [1.807, 2.05) is 12.4 Å². The lowest BCUT2D eigenvalue weighted by Crippen LogP contribution is -2.20. The minimum absolute atomic E-state index is 0.427. The van der Waals surface area contributed by atoms with Crippen molar-refractivity contribution in [1.82, 2.24) is 10.2 Å².